The van der Waals surface area contributed by atoms with Crippen LogP contribution < -0.4 is 19.7 Å². The first-order valence-electron chi connectivity index (χ1n) is 8.76. The molecule has 1 N–H and O–H groups in total. The van der Waals surface area contributed by atoms with Gasteiger partial charge in [-0.2, -0.15) is 0 Å². The average molecular weight is 375 g/mol. The molecule has 0 saturated carbocycles. The van der Waals surface area contributed by atoms with Crippen LogP contribution in [0.5, 0.6) is 11.5 Å². The third kappa shape index (κ3) is 3.74. The van der Waals surface area contributed by atoms with Crippen LogP contribution >= 0.6 is 0 Å². The fraction of sp³-hybridized carbons (Fsp3) is 0.316. The van der Waals surface area contributed by atoms with E-state index in [1.165, 1.54) is 6.07 Å². The number of anilines is 2. The summed E-state index contributed by atoms with van der Waals surface area (Å²) in [7, 11) is 0. The fourth-order valence-corrected chi connectivity index (χ4v) is 3.18. The standard InChI is InChI=1S/C19H19F2N3O3/c20-13-1-3-16(15(21)11-13)22-19(25)24-7-5-23(6-8-24)14-2-4-17-18(12-14)27-10-9-26-17/h1-4,11-12H,5-10H2,(H,22,25). The smallest absolute Gasteiger partial charge is 0.322 e. The van der Waals surface area contributed by atoms with Gasteiger partial charge < -0.3 is 24.6 Å². The van der Waals surface area contributed by atoms with Crippen LogP contribution in [0.25, 0.3) is 0 Å². The third-order valence-corrected chi connectivity index (χ3v) is 4.63. The monoisotopic (exact) mass is 375 g/mol. The van der Waals surface area contributed by atoms with Gasteiger partial charge >= 0.3 is 6.03 Å². The number of urea groups is 1. The molecule has 27 heavy (non-hydrogen) atoms. The number of carbonyl (C=O) groups is 1. The van der Waals surface area contributed by atoms with E-state index in [4.69, 9.17) is 9.47 Å². The number of amides is 2. The lowest BCUT2D eigenvalue weighted by atomic mass is 10.2. The minimum Gasteiger partial charge on any atom is -0.486 e. The van der Waals surface area contributed by atoms with E-state index in [0.717, 1.165) is 29.3 Å². The molecule has 2 aromatic carbocycles. The predicted molar refractivity (Wildman–Crippen MR) is 96.6 cm³/mol. The maximum absolute atomic E-state index is 13.7. The van der Waals surface area contributed by atoms with Crippen molar-refractivity contribution < 1.29 is 23.0 Å². The van der Waals surface area contributed by atoms with E-state index < -0.39 is 17.7 Å². The summed E-state index contributed by atoms with van der Waals surface area (Å²) in [5.41, 5.74) is 0.972. The molecule has 1 saturated heterocycles. The molecule has 0 aromatic heterocycles. The molecule has 0 bridgehead atoms. The van der Waals surface area contributed by atoms with Crippen LogP contribution in [-0.4, -0.2) is 50.3 Å². The highest BCUT2D eigenvalue weighted by Gasteiger charge is 2.23. The molecule has 0 aliphatic carbocycles. The van der Waals surface area contributed by atoms with Crippen molar-refractivity contribution in [3.05, 3.63) is 48.0 Å². The van der Waals surface area contributed by atoms with Gasteiger partial charge in [-0.3, -0.25) is 0 Å². The van der Waals surface area contributed by atoms with Gasteiger partial charge in [0, 0.05) is 44.0 Å². The summed E-state index contributed by atoms with van der Waals surface area (Å²) in [6.07, 6.45) is 0. The van der Waals surface area contributed by atoms with Crippen molar-refractivity contribution in [1.82, 2.24) is 4.90 Å². The Hall–Kier alpha value is -3.03. The van der Waals surface area contributed by atoms with Gasteiger partial charge in [-0.15, -0.1) is 0 Å². The van der Waals surface area contributed by atoms with E-state index in [0.29, 0.717) is 39.4 Å². The van der Waals surface area contributed by atoms with Gasteiger partial charge in [0.15, 0.2) is 11.5 Å². The van der Waals surface area contributed by atoms with E-state index in [9.17, 15) is 13.6 Å². The Balaban J connectivity index is 1.36. The maximum atomic E-state index is 13.7. The molecule has 2 aliphatic heterocycles. The molecule has 0 unspecified atom stereocenters. The number of nitrogens with zero attached hydrogens (tertiary/aromatic N) is 2. The molecule has 2 aromatic rings. The van der Waals surface area contributed by atoms with Crippen molar-refractivity contribution in [2.24, 2.45) is 0 Å². The van der Waals surface area contributed by atoms with Crippen molar-refractivity contribution in [3.8, 4) is 11.5 Å². The average Bonchev–Trinajstić information content (AvgIpc) is 2.70. The van der Waals surface area contributed by atoms with Gasteiger partial charge in [-0.05, 0) is 24.3 Å². The number of rotatable bonds is 2. The first-order valence-corrected chi connectivity index (χ1v) is 8.76. The molecule has 0 radical (unpaired) electrons. The number of fused-ring (bicyclic) bond motifs is 1. The van der Waals surface area contributed by atoms with E-state index in [2.05, 4.69) is 10.2 Å². The third-order valence-electron chi connectivity index (χ3n) is 4.63. The lowest BCUT2D eigenvalue weighted by Gasteiger charge is -2.36. The number of halogens is 2. The first-order chi connectivity index (χ1) is 13.1. The summed E-state index contributed by atoms with van der Waals surface area (Å²) in [6, 6.07) is 8.47. The fourth-order valence-electron chi connectivity index (χ4n) is 3.18. The maximum Gasteiger partial charge on any atom is 0.322 e. The van der Waals surface area contributed by atoms with Crippen LogP contribution in [0.15, 0.2) is 36.4 Å². The minimum absolute atomic E-state index is 0.0318. The van der Waals surface area contributed by atoms with Gasteiger partial charge in [0.1, 0.15) is 24.8 Å². The number of hydrogen-bond acceptors (Lipinski definition) is 4. The SMILES string of the molecule is O=C(Nc1ccc(F)cc1F)N1CCN(c2ccc3c(c2)OCCO3)CC1. The number of carbonyl (C=O) groups excluding carboxylic acids is 1. The van der Waals surface area contributed by atoms with Crippen molar-refractivity contribution in [1.29, 1.82) is 0 Å². The zero-order chi connectivity index (χ0) is 18.8. The van der Waals surface area contributed by atoms with Gasteiger partial charge in [0.05, 0.1) is 5.69 Å². The molecule has 142 valence electrons. The van der Waals surface area contributed by atoms with Crippen molar-refractivity contribution in [3.63, 3.8) is 0 Å². The van der Waals surface area contributed by atoms with Crippen LogP contribution in [0.2, 0.25) is 0 Å². The second-order valence-electron chi connectivity index (χ2n) is 6.36. The molecule has 0 atom stereocenters. The van der Waals surface area contributed by atoms with Crippen molar-refractivity contribution >= 4 is 17.4 Å². The molecule has 1 fully saturated rings. The summed E-state index contributed by atoms with van der Waals surface area (Å²) in [4.78, 5) is 16.1. The Labute approximate surface area is 155 Å². The molecular formula is C19H19F2N3O3. The number of ether oxygens (including phenoxy) is 2. The van der Waals surface area contributed by atoms with Crippen molar-refractivity contribution in [2.75, 3.05) is 49.6 Å². The highest BCUT2D eigenvalue weighted by Crippen LogP contribution is 2.34. The summed E-state index contributed by atoms with van der Waals surface area (Å²) >= 11 is 0. The molecule has 2 heterocycles. The Morgan fingerprint density at radius 3 is 2.41 bits per heavy atom. The lowest BCUT2D eigenvalue weighted by Crippen LogP contribution is -2.50. The molecule has 0 spiro atoms. The van der Waals surface area contributed by atoms with Gasteiger partial charge in [0.25, 0.3) is 0 Å². The Morgan fingerprint density at radius 1 is 0.926 bits per heavy atom. The second-order valence-corrected chi connectivity index (χ2v) is 6.36. The van der Waals surface area contributed by atoms with Gasteiger partial charge in [0.2, 0.25) is 0 Å². The summed E-state index contributed by atoms with van der Waals surface area (Å²) in [5.74, 6) is -0.00754. The summed E-state index contributed by atoms with van der Waals surface area (Å²) < 4.78 is 37.8. The van der Waals surface area contributed by atoms with Crippen LogP contribution in [0.1, 0.15) is 0 Å². The quantitative estimate of drug-likeness (QED) is 0.877. The molecule has 8 heteroatoms. The predicted octanol–water partition coefficient (Wildman–Crippen LogP) is 3.09. The zero-order valence-electron chi connectivity index (χ0n) is 14.6. The number of hydrogen-bond donors (Lipinski definition) is 1. The van der Waals surface area contributed by atoms with Gasteiger partial charge in [-0.1, -0.05) is 0 Å². The van der Waals surface area contributed by atoms with E-state index in [-0.39, 0.29) is 5.69 Å². The number of piperazine rings is 1. The zero-order valence-corrected chi connectivity index (χ0v) is 14.6. The Bertz CT molecular complexity index is 854. The lowest BCUT2D eigenvalue weighted by molar-refractivity contribution is 0.171. The minimum atomic E-state index is -0.793. The van der Waals surface area contributed by atoms with Crippen LogP contribution in [0, 0.1) is 11.6 Å². The van der Waals surface area contributed by atoms with E-state index in [1.807, 2.05) is 18.2 Å². The summed E-state index contributed by atoms with van der Waals surface area (Å²) in [6.45, 7) is 3.34. The topological polar surface area (TPSA) is 54.0 Å². The highest BCUT2D eigenvalue weighted by atomic mass is 19.1. The van der Waals surface area contributed by atoms with E-state index >= 15 is 0 Å². The van der Waals surface area contributed by atoms with Crippen LogP contribution in [0.3, 0.4) is 0 Å². The second kappa shape index (κ2) is 7.30. The summed E-state index contributed by atoms with van der Waals surface area (Å²) in [5, 5.41) is 2.49. The van der Waals surface area contributed by atoms with E-state index in [1.54, 1.807) is 4.90 Å². The van der Waals surface area contributed by atoms with Crippen LogP contribution in [-0.2, 0) is 0 Å². The normalized spacial score (nSPS) is 16.2. The molecule has 2 aliphatic rings. The Kier molecular flexibility index (Phi) is 4.70. The molecular weight excluding hydrogens is 356 g/mol. The number of benzene rings is 2. The largest absolute Gasteiger partial charge is 0.486 e. The number of nitrogens with one attached hydrogen (secondary N) is 1. The molecule has 2 amide bonds. The van der Waals surface area contributed by atoms with Gasteiger partial charge in [-0.25, -0.2) is 13.6 Å². The first kappa shape index (κ1) is 17.4. The van der Waals surface area contributed by atoms with Crippen molar-refractivity contribution in [2.45, 2.75) is 0 Å². The highest BCUT2D eigenvalue weighted by molar-refractivity contribution is 5.89. The molecule has 6 nitrogen and oxygen atoms in total. The van der Waals surface area contributed by atoms with Crippen LogP contribution in [0.4, 0.5) is 25.0 Å². The Morgan fingerprint density at radius 2 is 1.67 bits per heavy atom. The molecule has 4 rings (SSSR count).